The van der Waals surface area contributed by atoms with Gasteiger partial charge >= 0.3 is 0 Å². The molecule has 0 unspecified atom stereocenters. The van der Waals surface area contributed by atoms with Crippen molar-refractivity contribution < 1.29 is 14.3 Å². The molecule has 1 atom stereocenters. The van der Waals surface area contributed by atoms with Gasteiger partial charge in [-0.15, -0.1) is 0 Å². The summed E-state index contributed by atoms with van der Waals surface area (Å²) in [5, 5.41) is 3.48. The monoisotopic (exact) mass is 372 g/mol. The molecule has 0 aromatic heterocycles. The quantitative estimate of drug-likeness (QED) is 0.753. The molecule has 136 valence electrons. The van der Waals surface area contributed by atoms with Crippen LogP contribution in [0.15, 0.2) is 53.5 Å². The molecule has 2 aromatic carbocycles. The molecule has 1 aliphatic heterocycles. The Kier molecular flexibility index (Phi) is 6.63. The van der Waals surface area contributed by atoms with E-state index in [4.69, 9.17) is 21.1 Å². The average molecular weight is 373 g/mol. The van der Waals surface area contributed by atoms with Crippen LogP contribution >= 0.6 is 11.6 Å². The molecule has 1 fully saturated rings. The minimum Gasteiger partial charge on any atom is -0.484 e. The Morgan fingerprint density at radius 1 is 1.31 bits per heavy atom. The molecule has 2 aromatic rings. The topological polar surface area (TPSA) is 59.9 Å². The summed E-state index contributed by atoms with van der Waals surface area (Å²) in [5.41, 5.74) is 1.72. The number of ether oxygens (including phenoxy) is 2. The SMILES string of the molecule is O=C(COc1ccc(C=Nc2cccc(Cl)c2)cc1)NC[C@@H]1CCCO1. The maximum absolute atomic E-state index is 11.8. The van der Waals surface area contributed by atoms with Gasteiger partial charge in [-0.05, 0) is 60.9 Å². The number of nitrogens with one attached hydrogen (secondary N) is 1. The Bertz CT molecular complexity index is 756. The number of rotatable bonds is 7. The second-order valence-corrected chi connectivity index (χ2v) is 6.47. The van der Waals surface area contributed by atoms with Gasteiger partial charge in [0.25, 0.3) is 5.91 Å². The highest BCUT2D eigenvalue weighted by atomic mass is 35.5. The Labute approximate surface area is 158 Å². The first-order chi connectivity index (χ1) is 12.7. The summed E-state index contributed by atoms with van der Waals surface area (Å²) in [7, 11) is 0. The molecule has 1 aliphatic rings. The van der Waals surface area contributed by atoms with Gasteiger partial charge in [0.1, 0.15) is 5.75 Å². The third-order valence-electron chi connectivity index (χ3n) is 3.97. The Hall–Kier alpha value is -2.37. The van der Waals surface area contributed by atoms with E-state index in [1.165, 1.54) is 0 Å². The molecule has 0 spiro atoms. The smallest absolute Gasteiger partial charge is 0.258 e. The lowest BCUT2D eigenvalue weighted by atomic mass is 10.2. The molecule has 26 heavy (non-hydrogen) atoms. The van der Waals surface area contributed by atoms with Gasteiger partial charge < -0.3 is 14.8 Å². The van der Waals surface area contributed by atoms with Gasteiger partial charge in [-0.2, -0.15) is 0 Å². The van der Waals surface area contributed by atoms with Crippen molar-refractivity contribution in [3.63, 3.8) is 0 Å². The summed E-state index contributed by atoms with van der Waals surface area (Å²) in [6.45, 7) is 1.31. The first-order valence-corrected chi connectivity index (χ1v) is 8.98. The predicted molar refractivity (Wildman–Crippen MR) is 103 cm³/mol. The lowest BCUT2D eigenvalue weighted by Crippen LogP contribution is -2.35. The first kappa shape index (κ1) is 18.4. The van der Waals surface area contributed by atoms with E-state index in [0.717, 1.165) is 30.7 Å². The average Bonchev–Trinajstić information content (AvgIpc) is 3.17. The molecule has 0 bridgehead atoms. The summed E-state index contributed by atoms with van der Waals surface area (Å²) >= 11 is 5.94. The molecule has 1 heterocycles. The van der Waals surface area contributed by atoms with E-state index in [1.54, 1.807) is 12.3 Å². The number of halogens is 1. The number of aliphatic imine (C=N–C) groups is 1. The Morgan fingerprint density at radius 2 is 2.15 bits per heavy atom. The number of carbonyl (C=O) groups is 1. The highest BCUT2D eigenvalue weighted by Crippen LogP contribution is 2.18. The molecule has 1 amide bonds. The lowest BCUT2D eigenvalue weighted by Gasteiger charge is -2.11. The highest BCUT2D eigenvalue weighted by molar-refractivity contribution is 6.30. The van der Waals surface area contributed by atoms with E-state index in [1.807, 2.05) is 42.5 Å². The van der Waals surface area contributed by atoms with Crippen molar-refractivity contribution in [2.75, 3.05) is 19.8 Å². The summed E-state index contributed by atoms with van der Waals surface area (Å²) < 4.78 is 11.0. The maximum atomic E-state index is 11.8. The number of hydrogen-bond acceptors (Lipinski definition) is 4. The van der Waals surface area contributed by atoms with Gasteiger partial charge in [-0.25, -0.2) is 0 Å². The van der Waals surface area contributed by atoms with Crippen LogP contribution in [0.2, 0.25) is 5.02 Å². The molecule has 5 nitrogen and oxygen atoms in total. The minimum absolute atomic E-state index is 0.0112. The van der Waals surface area contributed by atoms with Crippen molar-refractivity contribution in [1.29, 1.82) is 0 Å². The Morgan fingerprint density at radius 3 is 2.88 bits per heavy atom. The zero-order chi connectivity index (χ0) is 18.2. The molecule has 0 aliphatic carbocycles. The summed E-state index contributed by atoms with van der Waals surface area (Å²) in [4.78, 5) is 16.2. The Balaban J connectivity index is 1.44. The van der Waals surface area contributed by atoms with Crippen LogP contribution in [0.4, 0.5) is 5.69 Å². The zero-order valence-corrected chi connectivity index (χ0v) is 15.1. The van der Waals surface area contributed by atoms with E-state index < -0.39 is 0 Å². The third kappa shape index (κ3) is 5.86. The first-order valence-electron chi connectivity index (χ1n) is 8.60. The van der Waals surface area contributed by atoms with Crippen molar-refractivity contribution in [2.45, 2.75) is 18.9 Å². The fraction of sp³-hybridized carbons (Fsp3) is 0.300. The summed E-state index contributed by atoms with van der Waals surface area (Å²) in [5.74, 6) is 0.490. The standard InChI is InChI=1S/C20H21ClN2O3/c21-16-3-1-4-17(11-16)22-12-15-6-8-18(9-7-15)26-14-20(24)23-13-19-5-2-10-25-19/h1,3-4,6-9,11-12,19H,2,5,10,13-14H2,(H,23,24)/t19-/m0/s1. The van der Waals surface area contributed by atoms with Crippen molar-refractivity contribution in [3.05, 3.63) is 59.1 Å². The molecular formula is C20H21ClN2O3. The lowest BCUT2D eigenvalue weighted by molar-refractivity contribution is -0.123. The van der Waals surface area contributed by atoms with E-state index in [0.29, 0.717) is 17.3 Å². The maximum Gasteiger partial charge on any atom is 0.258 e. The van der Waals surface area contributed by atoms with Gasteiger partial charge in [-0.3, -0.25) is 9.79 Å². The second-order valence-electron chi connectivity index (χ2n) is 6.03. The van der Waals surface area contributed by atoms with Gasteiger partial charge in [0.15, 0.2) is 6.61 Å². The molecule has 0 saturated carbocycles. The van der Waals surface area contributed by atoms with Crippen LogP contribution in [0.5, 0.6) is 5.75 Å². The van der Waals surface area contributed by atoms with Gasteiger partial charge in [-0.1, -0.05) is 17.7 Å². The number of benzene rings is 2. The van der Waals surface area contributed by atoms with Crippen LogP contribution in [0.3, 0.4) is 0 Å². The van der Waals surface area contributed by atoms with E-state index in [2.05, 4.69) is 10.3 Å². The molecule has 6 heteroatoms. The van der Waals surface area contributed by atoms with Crippen LogP contribution in [0, 0.1) is 0 Å². The normalized spacial score (nSPS) is 16.7. The summed E-state index contributed by atoms with van der Waals surface area (Å²) in [6, 6.07) is 14.7. The zero-order valence-electron chi connectivity index (χ0n) is 14.4. The van der Waals surface area contributed by atoms with Crippen LogP contribution in [-0.4, -0.2) is 38.0 Å². The fourth-order valence-corrected chi connectivity index (χ4v) is 2.77. The predicted octanol–water partition coefficient (Wildman–Crippen LogP) is 3.76. The van der Waals surface area contributed by atoms with Gasteiger partial charge in [0, 0.05) is 24.4 Å². The van der Waals surface area contributed by atoms with Crippen molar-refractivity contribution in [2.24, 2.45) is 4.99 Å². The van der Waals surface area contributed by atoms with Gasteiger partial charge in [0.05, 0.1) is 11.8 Å². The van der Waals surface area contributed by atoms with Crippen LogP contribution < -0.4 is 10.1 Å². The second kappa shape index (κ2) is 9.36. The van der Waals surface area contributed by atoms with E-state index in [-0.39, 0.29) is 18.6 Å². The van der Waals surface area contributed by atoms with E-state index in [9.17, 15) is 4.79 Å². The third-order valence-corrected chi connectivity index (χ3v) is 4.21. The van der Waals surface area contributed by atoms with Crippen molar-refractivity contribution in [1.82, 2.24) is 5.32 Å². The van der Waals surface area contributed by atoms with Crippen LogP contribution in [0.1, 0.15) is 18.4 Å². The number of amides is 1. The molecule has 1 N–H and O–H groups in total. The fourth-order valence-electron chi connectivity index (χ4n) is 2.59. The molecule has 1 saturated heterocycles. The van der Waals surface area contributed by atoms with E-state index >= 15 is 0 Å². The molecular weight excluding hydrogens is 352 g/mol. The number of hydrogen-bond donors (Lipinski definition) is 1. The molecule has 3 rings (SSSR count). The highest BCUT2D eigenvalue weighted by Gasteiger charge is 2.16. The molecule has 0 radical (unpaired) electrons. The van der Waals surface area contributed by atoms with Crippen molar-refractivity contribution >= 4 is 29.4 Å². The van der Waals surface area contributed by atoms with Crippen LogP contribution in [-0.2, 0) is 9.53 Å². The minimum atomic E-state index is -0.146. The van der Waals surface area contributed by atoms with Gasteiger partial charge in [0.2, 0.25) is 0 Å². The van der Waals surface area contributed by atoms with Crippen LogP contribution in [0.25, 0.3) is 0 Å². The van der Waals surface area contributed by atoms with Crippen molar-refractivity contribution in [3.8, 4) is 5.75 Å². The largest absolute Gasteiger partial charge is 0.484 e. The number of nitrogens with zero attached hydrogens (tertiary/aromatic N) is 1. The number of carbonyl (C=O) groups excluding carboxylic acids is 1. The summed E-state index contributed by atoms with van der Waals surface area (Å²) in [6.07, 6.45) is 3.95.